The maximum atomic E-state index is 12.1. The van der Waals surface area contributed by atoms with Gasteiger partial charge in [-0.1, -0.05) is 13.3 Å². The van der Waals surface area contributed by atoms with E-state index in [1.54, 1.807) is 6.20 Å². The standard InChI is InChI=1S/C13H21N5O.ClH/c1-2-4-11(14)13(19)18-9-7-17(8-10-18)12-5-3-6-15-16-12;/h3,5-6,11H,2,4,7-10,14H2,1H3;1H. The Kier molecular flexibility index (Phi) is 6.67. The van der Waals surface area contributed by atoms with E-state index in [1.165, 1.54) is 0 Å². The number of nitrogens with zero attached hydrogens (tertiary/aromatic N) is 4. The molecule has 2 heterocycles. The lowest BCUT2D eigenvalue weighted by Gasteiger charge is -2.36. The second kappa shape index (κ2) is 8.01. The summed E-state index contributed by atoms with van der Waals surface area (Å²) in [4.78, 5) is 16.1. The Labute approximate surface area is 125 Å². The summed E-state index contributed by atoms with van der Waals surface area (Å²) in [6, 6.07) is 3.46. The minimum Gasteiger partial charge on any atom is -0.352 e. The van der Waals surface area contributed by atoms with Crippen LogP contribution in [0.5, 0.6) is 0 Å². The van der Waals surface area contributed by atoms with Crippen LogP contribution in [-0.2, 0) is 4.79 Å². The first-order valence-corrected chi connectivity index (χ1v) is 6.79. The van der Waals surface area contributed by atoms with Crippen LogP contribution >= 0.6 is 12.4 Å². The Morgan fingerprint density at radius 1 is 1.40 bits per heavy atom. The first-order chi connectivity index (χ1) is 9.22. The van der Waals surface area contributed by atoms with Crippen molar-refractivity contribution < 1.29 is 4.79 Å². The van der Waals surface area contributed by atoms with Gasteiger partial charge in [-0.3, -0.25) is 4.79 Å². The van der Waals surface area contributed by atoms with E-state index in [1.807, 2.05) is 24.0 Å². The third-order valence-corrected chi connectivity index (χ3v) is 3.39. The molecular weight excluding hydrogens is 278 g/mol. The Bertz CT molecular complexity index is 408. The molecule has 0 bridgehead atoms. The van der Waals surface area contributed by atoms with Gasteiger partial charge in [-0.25, -0.2) is 0 Å². The van der Waals surface area contributed by atoms with Gasteiger partial charge in [0.25, 0.3) is 0 Å². The average Bonchev–Trinajstić information content (AvgIpc) is 2.48. The molecule has 112 valence electrons. The number of amides is 1. The van der Waals surface area contributed by atoms with Crippen LogP contribution in [0.3, 0.4) is 0 Å². The van der Waals surface area contributed by atoms with Crippen molar-refractivity contribution in [3.8, 4) is 0 Å². The zero-order valence-electron chi connectivity index (χ0n) is 11.7. The van der Waals surface area contributed by atoms with E-state index in [9.17, 15) is 4.79 Å². The molecule has 1 fully saturated rings. The molecule has 2 N–H and O–H groups in total. The van der Waals surface area contributed by atoms with E-state index < -0.39 is 0 Å². The Morgan fingerprint density at radius 3 is 2.65 bits per heavy atom. The van der Waals surface area contributed by atoms with Gasteiger partial charge >= 0.3 is 0 Å². The van der Waals surface area contributed by atoms with E-state index in [-0.39, 0.29) is 24.4 Å². The molecule has 1 aliphatic rings. The highest BCUT2D eigenvalue weighted by atomic mass is 35.5. The molecule has 0 aliphatic carbocycles. The van der Waals surface area contributed by atoms with Gasteiger partial charge < -0.3 is 15.5 Å². The number of piperazine rings is 1. The largest absolute Gasteiger partial charge is 0.352 e. The van der Waals surface area contributed by atoms with E-state index in [0.29, 0.717) is 13.1 Å². The third-order valence-electron chi connectivity index (χ3n) is 3.39. The summed E-state index contributed by atoms with van der Waals surface area (Å²) in [6.45, 7) is 5.01. The van der Waals surface area contributed by atoms with Gasteiger partial charge in [0, 0.05) is 32.4 Å². The molecular formula is C13H22ClN5O. The summed E-state index contributed by atoms with van der Waals surface area (Å²) in [5, 5.41) is 7.96. The maximum absolute atomic E-state index is 12.1. The fourth-order valence-electron chi connectivity index (χ4n) is 2.29. The van der Waals surface area contributed by atoms with E-state index in [2.05, 4.69) is 15.1 Å². The molecule has 6 nitrogen and oxygen atoms in total. The summed E-state index contributed by atoms with van der Waals surface area (Å²) in [7, 11) is 0. The Hall–Kier alpha value is -1.40. The first-order valence-electron chi connectivity index (χ1n) is 6.79. The molecule has 1 atom stereocenters. The summed E-state index contributed by atoms with van der Waals surface area (Å²) in [5.41, 5.74) is 5.88. The molecule has 20 heavy (non-hydrogen) atoms. The minimum atomic E-state index is -0.354. The van der Waals surface area contributed by atoms with Gasteiger partial charge in [0.15, 0.2) is 5.82 Å². The molecule has 1 aliphatic heterocycles. The molecule has 0 radical (unpaired) electrons. The number of hydrogen-bond acceptors (Lipinski definition) is 5. The van der Waals surface area contributed by atoms with Crippen LogP contribution in [-0.4, -0.2) is 53.2 Å². The lowest BCUT2D eigenvalue weighted by Crippen LogP contribution is -2.53. The van der Waals surface area contributed by atoms with Crippen LogP contribution in [0.1, 0.15) is 19.8 Å². The highest BCUT2D eigenvalue weighted by Crippen LogP contribution is 2.12. The number of nitrogens with two attached hydrogens (primary N) is 1. The number of halogens is 1. The van der Waals surface area contributed by atoms with E-state index >= 15 is 0 Å². The normalized spacial score (nSPS) is 16.5. The van der Waals surface area contributed by atoms with E-state index in [0.717, 1.165) is 31.7 Å². The van der Waals surface area contributed by atoms with Crippen LogP contribution in [0.25, 0.3) is 0 Å². The van der Waals surface area contributed by atoms with Gasteiger partial charge in [0.1, 0.15) is 0 Å². The summed E-state index contributed by atoms with van der Waals surface area (Å²) >= 11 is 0. The monoisotopic (exact) mass is 299 g/mol. The van der Waals surface area contributed by atoms with Crippen molar-refractivity contribution in [1.82, 2.24) is 15.1 Å². The predicted octanol–water partition coefficient (Wildman–Crippen LogP) is 0.674. The number of hydrogen-bond donors (Lipinski definition) is 1. The molecule has 1 aromatic rings. The molecule has 1 amide bonds. The molecule has 0 spiro atoms. The predicted molar refractivity (Wildman–Crippen MR) is 81.0 cm³/mol. The summed E-state index contributed by atoms with van der Waals surface area (Å²) in [6.07, 6.45) is 3.35. The number of aromatic nitrogens is 2. The molecule has 1 unspecified atom stereocenters. The molecule has 2 rings (SSSR count). The fourth-order valence-corrected chi connectivity index (χ4v) is 2.29. The quantitative estimate of drug-likeness (QED) is 0.884. The minimum absolute atomic E-state index is 0. The molecule has 0 aromatic carbocycles. The third kappa shape index (κ3) is 4.05. The number of rotatable bonds is 4. The maximum Gasteiger partial charge on any atom is 0.239 e. The van der Waals surface area contributed by atoms with Crippen molar-refractivity contribution >= 4 is 24.1 Å². The van der Waals surface area contributed by atoms with Gasteiger partial charge in [0.05, 0.1) is 6.04 Å². The van der Waals surface area contributed by atoms with Crippen LogP contribution in [0.15, 0.2) is 18.3 Å². The van der Waals surface area contributed by atoms with Crippen molar-refractivity contribution in [1.29, 1.82) is 0 Å². The summed E-state index contributed by atoms with van der Waals surface area (Å²) in [5.74, 6) is 0.938. The average molecular weight is 300 g/mol. The molecule has 0 saturated carbocycles. The van der Waals surface area contributed by atoms with Gasteiger partial charge in [0.2, 0.25) is 5.91 Å². The van der Waals surface area contributed by atoms with Gasteiger partial charge in [-0.05, 0) is 18.6 Å². The zero-order valence-corrected chi connectivity index (χ0v) is 12.6. The molecule has 7 heteroatoms. The van der Waals surface area contributed by atoms with Crippen LogP contribution < -0.4 is 10.6 Å². The lowest BCUT2D eigenvalue weighted by molar-refractivity contribution is -0.133. The fraction of sp³-hybridized carbons (Fsp3) is 0.615. The second-order valence-electron chi connectivity index (χ2n) is 4.79. The molecule has 1 saturated heterocycles. The van der Waals surface area contributed by atoms with Crippen molar-refractivity contribution in [2.75, 3.05) is 31.1 Å². The summed E-state index contributed by atoms with van der Waals surface area (Å²) < 4.78 is 0. The number of anilines is 1. The highest BCUT2D eigenvalue weighted by molar-refractivity contribution is 5.85. The van der Waals surface area contributed by atoms with Crippen molar-refractivity contribution in [2.45, 2.75) is 25.8 Å². The van der Waals surface area contributed by atoms with Crippen molar-refractivity contribution in [3.63, 3.8) is 0 Å². The zero-order chi connectivity index (χ0) is 13.7. The molecule has 1 aromatic heterocycles. The van der Waals surface area contributed by atoms with E-state index in [4.69, 9.17) is 5.73 Å². The SMILES string of the molecule is CCCC(N)C(=O)N1CCN(c2cccnn2)CC1.Cl. The van der Waals surface area contributed by atoms with Crippen molar-refractivity contribution in [3.05, 3.63) is 18.3 Å². The second-order valence-corrected chi connectivity index (χ2v) is 4.79. The highest BCUT2D eigenvalue weighted by Gasteiger charge is 2.25. The Balaban J connectivity index is 0.00000200. The Morgan fingerprint density at radius 2 is 2.10 bits per heavy atom. The van der Waals surface area contributed by atoms with Crippen LogP contribution in [0.2, 0.25) is 0 Å². The van der Waals surface area contributed by atoms with Crippen LogP contribution in [0, 0.1) is 0 Å². The number of carbonyl (C=O) groups excluding carboxylic acids is 1. The van der Waals surface area contributed by atoms with Crippen molar-refractivity contribution in [2.24, 2.45) is 5.73 Å². The first kappa shape index (κ1) is 16.7. The van der Waals surface area contributed by atoms with Crippen LogP contribution in [0.4, 0.5) is 5.82 Å². The van der Waals surface area contributed by atoms with Gasteiger partial charge in [-0.15, -0.1) is 17.5 Å². The number of carbonyl (C=O) groups is 1. The topological polar surface area (TPSA) is 75.4 Å². The van der Waals surface area contributed by atoms with Gasteiger partial charge in [-0.2, -0.15) is 5.10 Å². The lowest BCUT2D eigenvalue weighted by atomic mass is 10.1. The smallest absolute Gasteiger partial charge is 0.239 e.